The Morgan fingerprint density at radius 3 is 1.48 bits per heavy atom. The molecular formula is C140H126N4. The monoisotopic (exact) mass is 1860 g/mol. The van der Waals surface area contributed by atoms with E-state index in [-0.39, 0.29) is 32.5 Å². The van der Waals surface area contributed by atoms with E-state index in [1.54, 1.807) is 11.1 Å². The van der Waals surface area contributed by atoms with E-state index >= 15 is 0 Å². The van der Waals surface area contributed by atoms with Gasteiger partial charge in [-0.15, -0.1) is 0 Å². The van der Waals surface area contributed by atoms with Crippen LogP contribution in [0, 0.1) is 26.2 Å². The molecule has 4 heterocycles. The first-order chi connectivity index (χ1) is 69.8. The van der Waals surface area contributed by atoms with Crippen molar-refractivity contribution >= 4 is 173 Å². The predicted octanol–water partition coefficient (Wildman–Crippen LogP) is 39.2. The van der Waals surface area contributed by atoms with E-state index in [0.717, 1.165) is 50.8 Å². The molecule has 706 valence electrons. The predicted molar refractivity (Wildman–Crippen MR) is 621 cm³/mol. The normalized spacial score (nSPS) is 14.8. The Balaban J connectivity index is 0.000000108. The number of fused-ring (bicyclic) bond motifs is 28. The van der Waals surface area contributed by atoms with Crippen LogP contribution in [0.2, 0.25) is 0 Å². The second-order valence-corrected chi connectivity index (χ2v) is 46.5. The van der Waals surface area contributed by atoms with Gasteiger partial charge in [-0.05, 0) is 385 Å². The number of hydrogen-bond donors (Lipinski definition) is 0. The van der Waals surface area contributed by atoms with Gasteiger partial charge in [-0.2, -0.15) is 0 Å². The highest BCUT2D eigenvalue weighted by molar-refractivity contribution is 6.38. The highest BCUT2D eigenvalue weighted by Gasteiger charge is 2.49. The number of hydrogen-bond acceptors (Lipinski definition) is 1. The van der Waals surface area contributed by atoms with Gasteiger partial charge in [0, 0.05) is 105 Å². The minimum absolute atomic E-state index is 0.0287. The third-order valence-corrected chi connectivity index (χ3v) is 36.1. The first-order valence-corrected chi connectivity index (χ1v) is 53.8. The van der Waals surface area contributed by atoms with E-state index in [9.17, 15) is 0 Å². The molecule has 21 aromatic carbocycles. The van der Waals surface area contributed by atoms with Crippen LogP contribution in [0.25, 0.3) is 229 Å². The number of para-hydroxylation sites is 1. The molecule has 0 unspecified atom stereocenters. The zero-order chi connectivity index (χ0) is 98.2. The largest absolute Gasteiger partial charge is 0.340 e. The molecule has 0 N–H and O–H groups in total. The summed E-state index contributed by atoms with van der Waals surface area (Å²) in [5, 5.41) is 35.7. The molecule has 4 aliphatic carbocycles. The summed E-state index contributed by atoms with van der Waals surface area (Å²) in [6, 6.07) is 120. The van der Waals surface area contributed by atoms with Crippen molar-refractivity contribution in [3.05, 3.63) is 376 Å². The number of pyridine rings is 1. The Bertz CT molecular complexity index is 9710. The SMILES string of the molecule is CCC1(CC)c2ccc(C)nc2-c2cc3ccc4c5c(cc6c7cc(CC(C)(C)C)ccc7n(-c7ccccc7)c64)c(-c4ccccc4)cc(c21)c35.CCC1(CC)c2ccccc2-c2cc3ccc4c5c(ccc(c21)c35)cc1c2cc(C(C)(C)C)ccc2n(-c2cc(C)cc(C)c2)c14.CCn1c2ccc(C(C)(C)CC)cc2c2cc3ccc4c5c(cc6ccc(c3c64)c21)-c1c(ccc2ccccc12)C51CCCCC1. The van der Waals surface area contributed by atoms with E-state index in [4.69, 9.17) is 4.98 Å². The lowest BCUT2D eigenvalue weighted by molar-refractivity contribution is 0.355. The zero-order valence-electron chi connectivity index (χ0n) is 86.7. The molecule has 4 aliphatic rings. The van der Waals surface area contributed by atoms with Gasteiger partial charge in [-0.3, -0.25) is 4.98 Å². The standard InChI is InChI=1S/C50H44N2.2C45H41N/c1-7-50(8-2)42-23-19-30(3)51-47(42)41-26-33-21-22-35-45-38(36(32-15-11-9-12-16-32)27-40(44(33)45)46(41)50)28-39-37-25-31(29-49(4,5)6)20-24-43(37)52(48(35)39)34-17-13-10-14-18-34;1-5-44(3,4)30-17-21-38-34(26-30)35-24-28-14-18-32-39-29(15-19-33(40(28)39)43(35)46(38)6-2)25-36-41-31-13-9-8-12-27(31)16-20-37(41)45(42(32)36)22-10-7-11-23-45;1-8-45(9-2)38-13-11-10-12-32(38)36-23-28-15-18-34-41-29(14-17-33(40(28)41)42(36)45)24-37-35-25-30(44(5,6)7)16-19-39(35)46(43(34)37)31-21-26(3)20-27(4)22-31/h9-28H,7-8,29H2,1-6H3;8-9,12-21,24-26H,5-7,10-11,22-23H2,1-4H3;10-25H,8-9H2,1-7H3. The Labute approximate surface area is 845 Å². The van der Waals surface area contributed by atoms with E-state index in [2.05, 4.69) is 441 Å². The van der Waals surface area contributed by atoms with Crippen LogP contribution < -0.4 is 0 Å². The molecule has 1 saturated carbocycles. The fourth-order valence-electron chi connectivity index (χ4n) is 29.2. The first kappa shape index (κ1) is 88.5. The molecule has 0 bridgehead atoms. The Morgan fingerprint density at radius 1 is 0.312 bits per heavy atom. The molecule has 1 fully saturated rings. The van der Waals surface area contributed by atoms with Gasteiger partial charge in [0.1, 0.15) is 0 Å². The second kappa shape index (κ2) is 31.8. The van der Waals surface area contributed by atoms with Crippen molar-refractivity contribution < 1.29 is 0 Å². The number of aryl methyl sites for hydroxylation is 4. The summed E-state index contributed by atoms with van der Waals surface area (Å²) in [7, 11) is 0. The summed E-state index contributed by atoms with van der Waals surface area (Å²) < 4.78 is 7.65. The van der Waals surface area contributed by atoms with Crippen molar-refractivity contribution in [1.29, 1.82) is 0 Å². The summed E-state index contributed by atoms with van der Waals surface area (Å²) in [5.41, 5.74) is 38.5. The Morgan fingerprint density at radius 2 is 0.819 bits per heavy atom. The Hall–Kier alpha value is -14.5. The molecule has 144 heavy (non-hydrogen) atoms. The van der Waals surface area contributed by atoms with Gasteiger partial charge in [0.15, 0.2) is 0 Å². The van der Waals surface area contributed by atoms with Crippen LogP contribution in [0.1, 0.15) is 228 Å². The number of aromatic nitrogens is 4. The minimum atomic E-state index is -0.0979. The van der Waals surface area contributed by atoms with Crippen LogP contribution in [-0.4, -0.2) is 18.7 Å². The summed E-state index contributed by atoms with van der Waals surface area (Å²) in [6.45, 7) is 40.3. The molecular weight excluding hydrogens is 1740 g/mol. The highest BCUT2D eigenvalue weighted by atomic mass is 15.0. The third-order valence-electron chi connectivity index (χ3n) is 36.1. The van der Waals surface area contributed by atoms with Gasteiger partial charge in [-0.1, -0.05) is 309 Å². The number of benzene rings is 21. The van der Waals surface area contributed by atoms with Gasteiger partial charge in [0.25, 0.3) is 0 Å². The lowest BCUT2D eigenvalue weighted by atomic mass is 9.66. The average Bonchev–Trinajstić information content (AvgIpc) is 1.49. The molecule has 29 rings (SSSR count). The highest BCUT2D eigenvalue weighted by Crippen LogP contribution is 2.64. The van der Waals surface area contributed by atoms with E-state index in [1.165, 1.54) is 311 Å². The second-order valence-electron chi connectivity index (χ2n) is 46.5. The van der Waals surface area contributed by atoms with E-state index < -0.39 is 0 Å². The smallest absolute Gasteiger partial charge is 0.0749 e. The molecule has 4 heteroatoms. The summed E-state index contributed by atoms with van der Waals surface area (Å²) in [5.74, 6) is 0. The average molecular weight is 1860 g/mol. The summed E-state index contributed by atoms with van der Waals surface area (Å²) in [6.07, 6.45) is 12.9. The molecule has 0 saturated heterocycles. The summed E-state index contributed by atoms with van der Waals surface area (Å²) >= 11 is 0. The zero-order valence-corrected chi connectivity index (χ0v) is 86.7. The topological polar surface area (TPSA) is 27.7 Å². The maximum atomic E-state index is 5.24. The van der Waals surface area contributed by atoms with Crippen LogP contribution in [0.15, 0.2) is 309 Å². The molecule has 0 amide bonds. The molecule has 1 spiro atoms. The van der Waals surface area contributed by atoms with Crippen LogP contribution in [0.3, 0.4) is 0 Å². The van der Waals surface area contributed by atoms with Crippen LogP contribution in [0.5, 0.6) is 0 Å². The fourth-order valence-corrected chi connectivity index (χ4v) is 29.2. The van der Waals surface area contributed by atoms with Gasteiger partial charge in [-0.25, -0.2) is 0 Å². The van der Waals surface area contributed by atoms with Crippen LogP contribution in [0.4, 0.5) is 0 Å². The van der Waals surface area contributed by atoms with Crippen molar-refractivity contribution in [2.24, 2.45) is 5.41 Å². The minimum Gasteiger partial charge on any atom is -0.340 e. The molecule has 0 aliphatic heterocycles. The van der Waals surface area contributed by atoms with Gasteiger partial charge < -0.3 is 13.7 Å². The molecule has 4 aromatic heterocycles. The quantitative estimate of drug-likeness (QED) is 0.119. The van der Waals surface area contributed by atoms with Crippen molar-refractivity contribution in [2.45, 2.75) is 222 Å². The van der Waals surface area contributed by atoms with Gasteiger partial charge >= 0.3 is 0 Å². The molecule has 0 atom stereocenters. The molecule has 4 nitrogen and oxygen atoms in total. The molecule has 0 radical (unpaired) electrons. The van der Waals surface area contributed by atoms with Gasteiger partial charge in [0.2, 0.25) is 0 Å². The van der Waals surface area contributed by atoms with Crippen LogP contribution in [-0.2, 0) is 40.0 Å². The van der Waals surface area contributed by atoms with Crippen molar-refractivity contribution in [1.82, 2.24) is 18.7 Å². The number of nitrogens with zero attached hydrogens (tertiary/aromatic N) is 4. The lowest BCUT2D eigenvalue weighted by Crippen LogP contribution is -2.28. The fraction of sp³-hybridized carbons (Fsp3) is 0.250. The van der Waals surface area contributed by atoms with Crippen molar-refractivity contribution in [2.75, 3.05) is 0 Å². The Kier molecular flexibility index (Phi) is 19.5. The van der Waals surface area contributed by atoms with Gasteiger partial charge in [0.05, 0.1) is 33.3 Å². The maximum Gasteiger partial charge on any atom is 0.0749 e. The van der Waals surface area contributed by atoms with Crippen molar-refractivity contribution in [3.8, 4) is 56.0 Å². The third kappa shape index (κ3) is 12.4. The van der Waals surface area contributed by atoms with E-state index in [0.29, 0.717) is 0 Å². The number of rotatable bonds is 11. The van der Waals surface area contributed by atoms with Crippen LogP contribution >= 0.6 is 0 Å². The lowest BCUT2D eigenvalue weighted by Gasteiger charge is -2.37. The van der Waals surface area contributed by atoms with E-state index in [1.807, 2.05) is 0 Å². The maximum absolute atomic E-state index is 5.24. The van der Waals surface area contributed by atoms with Crippen molar-refractivity contribution in [3.63, 3.8) is 0 Å². The first-order valence-electron chi connectivity index (χ1n) is 53.8. The summed E-state index contributed by atoms with van der Waals surface area (Å²) in [4.78, 5) is 5.24. The molecule has 25 aromatic rings.